The van der Waals surface area contributed by atoms with E-state index in [1.165, 1.54) is 0 Å². The van der Waals surface area contributed by atoms with Gasteiger partial charge in [-0.3, -0.25) is 14.9 Å². The number of amides is 1. The van der Waals surface area contributed by atoms with Crippen LogP contribution >= 0.6 is 0 Å². The summed E-state index contributed by atoms with van der Waals surface area (Å²) in [4.78, 5) is 21.2. The fourth-order valence-electron chi connectivity index (χ4n) is 1.17. The molecular formula is C10H12FN3O3. The Morgan fingerprint density at radius 2 is 2.24 bits per heavy atom. The minimum atomic E-state index is -0.792. The summed E-state index contributed by atoms with van der Waals surface area (Å²) in [5.41, 5.74) is 5.05. The Morgan fingerprint density at radius 3 is 2.76 bits per heavy atom. The molecule has 0 spiro atoms. The van der Waals surface area contributed by atoms with Crippen LogP contribution < -0.4 is 11.1 Å². The second-order valence-electron chi connectivity index (χ2n) is 3.46. The molecule has 0 saturated heterocycles. The molecule has 0 aromatic heterocycles. The number of nitrogens with two attached hydrogens (primary N) is 1. The lowest BCUT2D eigenvalue weighted by Crippen LogP contribution is -2.34. The molecule has 0 bridgehead atoms. The van der Waals surface area contributed by atoms with Gasteiger partial charge < -0.3 is 11.1 Å². The first kappa shape index (κ1) is 13.0. The van der Waals surface area contributed by atoms with Gasteiger partial charge in [0.25, 0.3) is 5.69 Å². The summed E-state index contributed by atoms with van der Waals surface area (Å²) in [7, 11) is 0. The zero-order valence-electron chi connectivity index (χ0n) is 9.14. The topological polar surface area (TPSA) is 98.3 Å². The number of nitro benzene ring substituents is 1. The van der Waals surface area contributed by atoms with Crippen molar-refractivity contribution < 1.29 is 14.1 Å². The molecule has 1 rings (SSSR count). The summed E-state index contributed by atoms with van der Waals surface area (Å²) in [6.07, 6.45) is 0.420. The summed E-state index contributed by atoms with van der Waals surface area (Å²) < 4.78 is 13.0. The predicted molar refractivity (Wildman–Crippen MR) is 60.0 cm³/mol. The van der Waals surface area contributed by atoms with Crippen LogP contribution in [0.4, 0.5) is 15.8 Å². The smallest absolute Gasteiger partial charge is 0.274 e. The van der Waals surface area contributed by atoms with E-state index < -0.39 is 28.4 Å². The summed E-state index contributed by atoms with van der Waals surface area (Å²) in [5, 5.41) is 12.8. The quantitative estimate of drug-likeness (QED) is 0.615. The molecule has 17 heavy (non-hydrogen) atoms. The number of nitrogens with zero attached hydrogens (tertiary/aromatic N) is 1. The van der Waals surface area contributed by atoms with E-state index in [0.717, 1.165) is 18.2 Å². The van der Waals surface area contributed by atoms with Crippen LogP contribution in [-0.4, -0.2) is 16.9 Å². The Balaban J connectivity index is 2.92. The standard InChI is InChI=1S/C10H12FN3O3/c1-2-9(12)10(15)13-7-3-6(11)4-8(5-7)14(16)17/h3-5,9H,2,12H2,1H3,(H,13,15). The zero-order valence-corrected chi connectivity index (χ0v) is 9.14. The van der Waals surface area contributed by atoms with Crippen molar-refractivity contribution >= 4 is 17.3 Å². The molecule has 0 aliphatic rings. The van der Waals surface area contributed by atoms with Gasteiger partial charge in [0, 0.05) is 6.07 Å². The van der Waals surface area contributed by atoms with Crippen molar-refractivity contribution in [3.8, 4) is 0 Å². The minimum absolute atomic E-state index is 0.0191. The maximum atomic E-state index is 13.0. The third kappa shape index (κ3) is 3.49. The first-order valence-corrected chi connectivity index (χ1v) is 4.95. The number of hydrogen-bond acceptors (Lipinski definition) is 4. The van der Waals surface area contributed by atoms with Crippen LogP contribution in [0.5, 0.6) is 0 Å². The molecule has 6 nitrogen and oxygen atoms in total. The van der Waals surface area contributed by atoms with Gasteiger partial charge in [-0.05, 0) is 12.5 Å². The first-order chi connectivity index (χ1) is 7.93. The van der Waals surface area contributed by atoms with E-state index in [9.17, 15) is 19.3 Å². The molecular weight excluding hydrogens is 229 g/mol. The van der Waals surface area contributed by atoms with Gasteiger partial charge in [-0.15, -0.1) is 0 Å². The van der Waals surface area contributed by atoms with E-state index in [1.54, 1.807) is 6.92 Å². The maximum Gasteiger partial charge on any atom is 0.274 e. The van der Waals surface area contributed by atoms with Gasteiger partial charge in [0.05, 0.1) is 22.7 Å². The van der Waals surface area contributed by atoms with Crippen molar-refractivity contribution in [1.29, 1.82) is 0 Å². The van der Waals surface area contributed by atoms with Crippen LogP contribution in [0.3, 0.4) is 0 Å². The number of nitro groups is 1. The molecule has 0 aliphatic heterocycles. The van der Waals surface area contributed by atoms with Crippen LogP contribution in [0.15, 0.2) is 18.2 Å². The van der Waals surface area contributed by atoms with E-state index in [-0.39, 0.29) is 5.69 Å². The van der Waals surface area contributed by atoms with Crippen LogP contribution in [0.2, 0.25) is 0 Å². The van der Waals surface area contributed by atoms with Gasteiger partial charge in [-0.25, -0.2) is 4.39 Å². The highest BCUT2D eigenvalue weighted by Gasteiger charge is 2.14. The molecule has 1 amide bonds. The Hall–Kier alpha value is -2.02. The third-order valence-corrected chi connectivity index (χ3v) is 2.14. The average molecular weight is 241 g/mol. The largest absolute Gasteiger partial charge is 0.324 e. The van der Waals surface area contributed by atoms with E-state index >= 15 is 0 Å². The fraction of sp³-hybridized carbons (Fsp3) is 0.300. The Kier molecular flexibility index (Phi) is 4.11. The number of non-ortho nitro benzene ring substituents is 1. The monoisotopic (exact) mass is 241 g/mol. The van der Waals surface area contributed by atoms with Crippen molar-refractivity contribution in [2.24, 2.45) is 5.73 Å². The third-order valence-electron chi connectivity index (χ3n) is 2.14. The highest BCUT2D eigenvalue weighted by atomic mass is 19.1. The van der Waals surface area contributed by atoms with Gasteiger partial charge in [0.1, 0.15) is 5.82 Å². The molecule has 0 aliphatic carbocycles. The second kappa shape index (κ2) is 5.35. The minimum Gasteiger partial charge on any atom is -0.324 e. The van der Waals surface area contributed by atoms with Crippen molar-refractivity contribution in [3.05, 3.63) is 34.1 Å². The average Bonchev–Trinajstić information content (AvgIpc) is 2.26. The van der Waals surface area contributed by atoms with Crippen LogP contribution in [0.25, 0.3) is 0 Å². The van der Waals surface area contributed by atoms with Gasteiger partial charge in [-0.2, -0.15) is 0 Å². The Labute approximate surface area is 96.8 Å². The summed E-state index contributed by atoms with van der Waals surface area (Å²) >= 11 is 0. The van der Waals surface area contributed by atoms with Gasteiger partial charge in [-0.1, -0.05) is 6.92 Å². The lowest BCUT2D eigenvalue weighted by atomic mass is 10.2. The molecule has 7 heteroatoms. The normalized spacial score (nSPS) is 11.9. The van der Waals surface area contributed by atoms with Gasteiger partial charge in [0.2, 0.25) is 5.91 Å². The highest BCUT2D eigenvalue weighted by molar-refractivity contribution is 5.94. The predicted octanol–water partition coefficient (Wildman–Crippen LogP) is 1.41. The molecule has 0 heterocycles. The van der Waals surface area contributed by atoms with Crippen molar-refractivity contribution in [2.45, 2.75) is 19.4 Å². The molecule has 0 radical (unpaired) electrons. The van der Waals surface area contributed by atoms with Gasteiger partial charge in [0.15, 0.2) is 0 Å². The molecule has 0 fully saturated rings. The van der Waals surface area contributed by atoms with Crippen molar-refractivity contribution in [1.82, 2.24) is 0 Å². The number of rotatable bonds is 4. The van der Waals surface area contributed by atoms with Crippen molar-refractivity contribution in [3.63, 3.8) is 0 Å². The summed E-state index contributed by atoms with van der Waals surface area (Å²) in [6.45, 7) is 1.72. The van der Waals surface area contributed by atoms with Crippen LogP contribution in [-0.2, 0) is 4.79 Å². The molecule has 1 unspecified atom stereocenters. The van der Waals surface area contributed by atoms with Crippen LogP contribution in [0, 0.1) is 15.9 Å². The maximum absolute atomic E-state index is 13.0. The van der Waals surface area contributed by atoms with Crippen LogP contribution in [0.1, 0.15) is 13.3 Å². The molecule has 1 atom stereocenters. The Bertz CT molecular complexity index is 450. The SMILES string of the molecule is CCC(N)C(=O)Nc1cc(F)cc([N+](=O)[O-])c1. The van der Waals surface area contributed by atoms with E-state index in [1.807, 2.05) is 0 Å². The molecule has 1 aromatic rings. The van der Waals surface area contributed by atoms with E-state index in [2.05, 4.69) is 5.32 Å². The second-order valence-corrected chi connectivity index (χ2v) is 3.46. The molecule has 1 aromatic carbocycles. The number of nitrogens with one attached hydrogen (secondary N) is 1. The van der Waals surface area contributed by atoms with E-state index in [4.69, 9.17) is 5.73 Å². The summed E-state index contributed by atoms with van der Waals surface area (Å²) in [5.74, 6) is -1.30. The zero-order chi connectivity index (χ0) is 13.0. The first-order valence-electron chi connectivity index (χ1n) is 4.95. The van der Waals surface area contributed by atoms with Crippen molar-refractivity contribution in [2.75, 3.05) is 5.32 Å². The lowest BCUT2D eigenvalue weighted by molar-refractivity contribution is -0.385. The summed E-state index contributed by atoms with van der Waals surface area (Å²) in [6, 6.07) is 2.11. The number of benzene rings is 1. The Morgan fingerprint density at radius 1 is 1.59 bits per heavy atom. The molecule has 3 N–H and O–H groups in total. The number of carbonyl (C=O) groups excluding carboxylic acids is 1. The fourth-order valence-corrected chi connectivity index (χ4v) is 1.17. The number of carbonyl (C=O) groups is 1. The number of halogens is 1. The van der Waals surface area contributed by atoms with Gasteiger partial charge >= 0.3 is 0 Å². The number of anilines is 1. The lowest BCUT2D eigenvalue weighted by Gasteiger charge is -2.09. The number of hydrogen-bond donors (Lipinski definition) is 2. The highest BCUT2D eigenvalue weighted by Crippen LogP contribution is 2.20. The molecule has 0 saturated carbocycles. The molecule has 92 valence electrons. The van der Waals surface area contributed by atoms with E-state index in [0.29, 0.717) is 6.42 Å².